The quantitative estimate of drug-likeness (QED) is 0.571. The second-order valence-electron chi connectivity index (χ2n) is 2.66. The van der Waals surface area contributed by atoms with Gasteiger partial charge in [-0.3, -0.25) is 4.79 Å². The summed E-state index contributed by atoms with van der Waals surface area (Å²) in [5.74, 6) is 0.0640. The van der Waals surface area contributed by atoms with Crippen LogP contribution in [0.2, 0.25) is 0 Å². The maximum absolute atomic E-state index is 11.1. The molecule has 0 bridgehead atoms. The third-order valence-corrected chi connectivity index (χ3v) is 1.77. The number of ketones is 1. The minimum atomic E-state index is -0.273. The van der Waals surface area contributed by atoms with Gasteiger partial charge in [-0.05, 0) is 13.5 Å². The summed E-state index contributed by atoms with van der Waals surface area (Å²) in [7, 11) is 1.56. The van der Waals surface area contributed by atoms with E-state index in [1.807, 2.05) is 6.92 Å². The number of carbonyl (C=O) groups is 1. The van der Waals surface area contributed by atoms with E-state index < -0.39 is 0 Å². The van der Waals surface area contributed by atoms with Crippen molar-refractivity contribution in [2.45, 2.75) is 26.0 Å². The molecule has 0 aromatic rings. The van der Waals surface area contributed by atoms with Gasteiger partial charge in [0.15, 0.2) is 0 Å². The van der Waals surface area contributed by atoms with Gasteiger partial charge >= 0.3 is 0 Å². The van der Waals surface area contributed by atoms with E-state index in [2.05, 4.69) is 5.32 Å². The summed E-state index contributed by atoms with van der Waals surface area (Å²) in [6.07, 6.45) is -0.220. The van der Waals surface area contributed by atoms with Crippen LogP contribution in [0.15, 0.2) is 0 Å². The maximum Gasteiger partial charge on any atom is 0.149 e. The Balaban J connectivity index is 4.15. The van der Waals surface area contributed by atoms with E-state index in [9.17, 15) is 4.79 Å². The van der Waals surface area contributed by atoms with Gasteiger partial charge in [0, 0.05) is 13.7 Å². The van der Waals surface area contributed by atoms with Crippen LogP contribution in [0.1, 0.15) is 13.8 Å². The number of likely N-dealkylation sites (N-methyl/N-ethyl adjacent to an activating group) is 1. The predicted octanol–water partition coefficient (Wildman–Crippen LogP) is -0.473. The van der Waals surface area contributed by atoms with E-state index in [0.717, 1.165) is 6.54 Å². The molecular formula is C8H18N2O2. The Morgan fingerprint density at radius 1 is 1.67 bits per heavy atom. The summed E-state index contributed by atoms with van der Waals surface area (Å²) >= 11 is 0. The number of nitrogens with two attached hydrogens (primary N) is 1. The first-order valence-corrected chi connectivity index (χ1v) is 4.14. The van der Waals surface area contributed by atoms with E-state index in [1.54, 1.807) is 7.11 Å². The normalized spacial score (nSPS) is 15.7. The van der Waals surface area contributed by atoms with Crippen molar-refractivity contribution in [1.29, 1.82) is 0 Å². The van der Waals surface area contributed by atoms with Gasteiger partial charge in [-0.15, -0.1) is 0 Å². The molecule has 2 atom stereocenters. The zero-order valence-corrected chi connectivity index (χ0v) is 7.96. The average molecular weight is 174 g/mol. The lowest BCUT2D eigenvalue weighted by molar-refractivity contribution is -0.122. The first-order valence-electron chi connectivity index (χ1n) is 4.14. The van der Waals surface area contributed by atoms with Crippen LogP contribution in [0.3, 0.4) is 0 Å². The number of methoxy groups -OCH3 is 1. The fourth-order valence-corrected chi connectivity index (χ4v) is 1.13. The zero-order chi connectivity index (χ0) is 9.56. The highest BCUT2D eigenvalue weighted by Crippen LogP contribution is 1.97. The lowest BCUT2D eigenvalue weighted by atomic mass is 10.1. The number of hydrogen-bond donors (Lipinski definition) is 2. The van der Waals surface area contributed by atoms with Crippen molar-refractivity contribution >= 4 is 5.78 Å². The Morgan fingerprint density at radius 3 is 2.50 bits per heavy atom. The van der Waals surface area contributed by atoms with E-state index in [1.165, 1.54) is 6.92 Å². The third-order valence-electron chi connectivity index (χ3n) is 1.77. The average Bonchev–Trinajstić information content (AvgIpc) is 2.05. The van der Waals surface area contributed by atoms with Crippen LogP contribution in [0.5, 0.6) is 0 Å². The second-order valence-corrected chi connectivity index (χ2v) is 2.66. The predicted molar refractivity (Wildman–Crippen MR) is 48.0 cm³/mol. The minimum absolute atomic E-state index is 0.0640. The molecule has 4 nitrogen and oxygen atoms in total. The molecule has 0 aliphatic rings. The van der Waals surface area contributed by atoms with Crippen LogP contribution in [-0.4, -0.2) is 38.1 Å². The smallest absolute Gasteiger partial charge is 0.149 e. The van der Waals surface area contributed by atoms with Gasteiger partial charge in [0.05, 0.1) is 12.1 Å². The fourth-order valence-electron chi connectivity index (χ4n) is 1.13. The molecule has 0 aromatic heterocycles. The van der Waals surface area contributed by atoms with Gasteiger partial charge in [-0.2, -0.15) is 0 Å². The first kappa shape index (κ1) is 11.6. The SMILES string of the molecule is CCNC(C(C)=O)C(CN)OC. The van der Waals surface area contributed by atoms with Gasteiger partial charge in [-0.25, -0.2) is 0 Å². The largest absolute Gasteiger partial charge is 0.378 e. The highest BCUT2D eigenvalue weighted by Gasteiger charge is 2.22. The summed E-state index contributed by atoms with van der Waals surface area (Å²) in [6.45, 7) is 4.58. The topological polar surface area (TPSA) is 64.4 Å². The molecule has 0 fully saturated rings. The molecule has 0 amide bonds. The Hall–Kier alpha value is -0.450. The lowest BCUT2D eigenvalue weighted by Gasteiger charge is -2.22. The fraction of sp³-hybridized carbons (Fsp3) is 0.875. The number of carbonyl (C=O) groups excluding carboxylic acids is 1. The van der Waals surface area contributed by atoms with Crippen molar-refractivity contribution in [3.8, 4) is 0 Å². The molecule has 3 N–H and O–H groups in total. The molecule has 0 heterocycles. The van der Waals surface area contributed by atoms with Crippen molar-refractivity contribution in [2.24, 2.45) is 5.73 Å². The molecule has 0 rings (SSSR count). The zero-order valence-electron chi connectivity index (χ0n) is 7.96. The van der Waals surface area contributed by atoms with Crippen molar-refractivity contribution in [3.05, 3.63) is 0 Å². The maximum atomic E-state index is 11.1. The Morgan fingerprint density at radius 2 is 2.25 bits per heavy atom. The number of ether oxygens (including phenoxy) is 1. The van der Waals surface area contributed by atoms with E-state index in [-0.39, 0.29) is 17.9 Å². The summed E-state index contributed by atoms with van der Waals surface area (Å²) < 4.78 is 5.07. The highest BCUT2D eigenvalue weighted by atomic mass is 16.5. The molecule has 0 saturated carbocycles. The second kappa shape index (κ2) is 6.11. The molecule has 0 aliphatic carbocycles. The molecule has 0 radical (unpaired) electrons. The minimum Gasteiger partial charge on any atom is -0.378 e. The lowest BCUT2D eigenvalue weighted by Crippen LogP contribution is -2.49. The molecule has 4 heteroatoms. The highest BCUT2D eigenvalue weighted by molar-refractivity contribution is 5.82. The van der Waals surface area contributed by atoms with Crippen LogP contribution in [0.25, 0.3) is 0 Å². The van der Waals surface area contributed by atoms with Gasteiger partial charge in [0.2, 0.25) is 0 Å². The van der Waals surface area contributed by atoms with Gasteiger partial charge in [0.25, 0.3) is 0 Å². The van der Waals surface area contributed by atoms with Crippen molar-refractivity contribution in [3.63, 3.8) is 0 Å². The van der Waals surface area contributed by atoms with Crippen molar-refractivity contribution in [2.75, 3.05) is 20.2 Å². The molecule has 0 saturated heterocycles. The summed E-state index contributed by atoms with van der Waals surface area (Å²) in [5, 5.41) is 3.03. The molecule has 72 valence electrons. The molecule has 0 spiro atoms. The Bertz CT molecular complexity index is 135. The standard InChI is InChI=1S/C8H18N2O2/c1-4-10-8(6(2)11)7(5-9)12-3/h7-8,10H,4-5,9H2,1-3H3. The third kappa shape index (κ3) is 3.30. The summed E-state index contributed by atoms with van der Waals surface area (Å²) in [4.78, 5) is 11.1. The molecule has 0 aliphatic heterocycles. The van der Waals surface area contributed by atoms with Crippen LogP contribution >= 0.6 is 0 Å². The van der Waals surface area contributed by atoms with Crippen molar-refractivity contribution < 1.29 is 9.53 Å². The van der Waals surface area contributed by atoms with E-state index in [4.69, 9.17) is 10.5 Å². The van der Waals surface area contributed by atoms with Gasteiger partial charge in [0.1, 0.15) is 5.78 Å². The summed E-state index contributed by atoms with van der Waals surface area (Å²) in [6, 6.07) is -0.273. The van der Waals surface area contributed by atoms with Crippen LogP contribution < -0.4 is 11.1 Å². The number of Topliss-reactive ketones (excluding diaryl/α,β-unsaturated/α-hetero) is 1. The number of hydrogen-bond acceptors (Lipinski definition) is 4. The monoisotopic (exact) mass is 174 g/mol. The van der Waals surface area contributed by atoms with E-state index in [0.29, 0.717) is 6.54 Å². The number of rotatable bonds is 6. The van der Waals surface area contributed by atoms with Crippen molar-refractivity contribution in [1.82, 2.24) is 5.32 Å². The van der Waals surface area contributed by atoms with Gasteiger partial charge in [-0.1, -0.05) is 6.92 Å². The Kier molecular flexibility index (Phi) is 5.88. The Labute approximate surface area is 73.5 Å². The van der Waals surface area contributed by atoms with E-state index >= 15 is 0 Å². The van der Waals surface area contributed by atoms with Crippen LogP contribution in [0, 0.1) is 0 Å². The molecule has 2 unspecified atom stereocenters. The molecular weight excluding hydrogens is 156 g/mol. The van der Waals surface area contributed by atoms with Gasteiger partial charge < -0.3 is 15.8 Å². The van der Waals surface area contributed by atoms with Crippen LogP contribution in [-0.2, 0) is 9.53 Å². The summed E-state index contributed by atoms with van der Waals surface area (Å²) in [5.41, 5.74) is 5.44. The number of nitrogens with one attached hydrogen (secondary N) is 1. The molecule has 12 heavy (non-hydrogen) atoms. The van der Waals surface area contributed by atoms with Crippen LogP contribution in [0.4, 0.5) is 0 Å². The molecule has 0 aromatic carbocycles. The first-order chi connectivity index (χ1) is 5.67.